The van der Waals surface area contributed by atoms with Gasteiger partial charge in [-0.05, 0) is 24.6 Å². The largest absolute Gasteiger partial charge is 0.389 e. The van der Waals surface area contributed by atoms with Gasteiger partial charge >= 0.3 is 0 Å². The fraction of sp³-hybridized carbons (Fsp3) is 0.250. The molecular formula is C8H11FN2O. The van der Waals surface area contributed by atoms with Gasteiger partial charge in [-0.1, -0.05) is 6.07 Å². The fourth-order valence-electron chi connectivity index (χ4n) is 0.908. The van der Waals surface area contributed by atoms with Crippen LogP contribution in [0, 0.1) is 5.82 Å². The Morgan fingerprint density at radius 2 is 2.25 bits per heavy atom. The van der Waals surface area contributed by atoms with Crippen molar-refractivity contribution in [1.29, 1.82) is 0 Å². The van der Waals surface area contributed by atoms with Crippen molar-refractivity contribution in [2.45, 2.75) is 13.0 Å². The summed E-state index contributed by atoms with van der Waals surface area (Å²) in [6.45, 7) is 1.57. The number of benzene rings is 1. The van der Waals surface area contributed by atoms with E-state index in [1.807, 2.05) is 0 Å². The van der Waals surface area contributed by atoms with Crippen LogP contribution in [0.5, 0.6) is 0 Å². The lowest BCUT2D eigenvalue weighted by Gasteiger charge is -2.06. The molecule has 0 amide bonds. The molecule has 0 spiro atoms. The summed E-state index contributed by atoms with van der Waals surface area (Å²) in [5.74, 6) is 4.56. The lowest BCUT2D eigenvalue weighted by molar-refractivity contribution is 0.199. The second-order valence-corrected chi connectivity index (χ2v) is 2.56. The summed E-state index contributed by atoms with van der Waals surface area (Å²) in [5.41, 5.74) is 2.96. The summed E-state index contributed by atoms with van der Waals surface area (Å²) < 4.78 is 13.0. The Kier molecular flexibility index (Phi) is 2.62. The monoisotopic (exact) mass is 170 g/mol. The molecule has 1 rings (SSSR count). The number of nitrogens with one attached hydrogen (secondary N) is 1. The second-order valence-electron chi connectivity index (χ2n) is 2.56. The second kappa shape index (κ2) is 3.51. The quantitative estimate of drug-likeness (QED) is 0.461. The van der Waals surface area contributed by atoms with E-state index < -0.39 is 11.9 Å². The van der Waals surface area contributed by atoms with Crippen molar-refractivity contribution in [3.05, 3.63) is 29.6 Å². The van der Waals surface area contributed by atoms with E-state index in [-0.39, 0.29) is 5.69 Å². The molecule has 0 fully saturated rings. The summed E-state index contributed by atoms with van der Waals surface area (Å²) >= 11 is 0. The fourth-order valence-corrected chi connectivity index (χ4v) is 0.908. The van der Waals surface area contributed by atoms with E-state index in [0.717, 1.165) is 0 Å². The van der Waals surface area contributed by atoms with Crippen molar-refractivity contribution < 1.29 is 9.50 Å². The van der Waals surface area contributed by atoms with Gasteiger partial charge in [0.2, 0.25) is 0 Å². The molecule has 0 bridgehead atoms. The maximum atomic E-state index is 13.0. The summed E-state index contributed by atoms with van der Waals surface area (Å²) in [5, 5.41) is 9.09. The molecule has 1 unspecified atom stereocenters. The summed E-state index contributed by atoms with van der Waals surface area (Å²) in [7, 11) is 0. The van der Waals surface area contributed by atoms with E-state index in [1.165, 1.54) is 12.1 Å². The van der Waals surface area contributed by atoms with E-state index in [0.29, 0.717) is 5.56 Å². The van der Waals surface area contributed by atoms with E-state index in [2.05, 4.69) is 5.43 Å². The van der Waals surface area contributed by atoms with E-state index in [4.69, 9.17) is 10.9 Å². The zero-order valence-corrected chi connectivity index (χ0v) is 6.71. The highest BCUT2D eigenvalue weighted by atomic mass is 19.1. The molecule has 1 aromatic carbocycles. The number of hydrogen-bond donors (Lipinski definition) is 3. The lowest BCUT2D eigenvalue weighted by atomic mass is 10.1. The number of aliphatic hydroxyl groups excluding tert-OH is 1. The SMILES string of the molecule is CC(O)c1ccc(NN)c(F)c1. The van der Waals surface area contributed by atoms with Crippen LogP contribution in [0.25, 0.3) is 0 Å². The molecule has 66 valence electrons. The molecule has 1 aromatic rings. The third-order valence-corrected chi connectivity index (χ3v) is 1.63. The Hall–Kier alpha value is -1.13. The number of nitrogen functional groups attached to an aromatic ring is 1. The number of hydrogen-bond acceptors (Lipinski definition) is 3. The third-order valence-electron chi connectivity index (χ3n) is 1.63. The van der Waals surface area contributed by atoms with Crippen LogP contribution >= 0.6 is 0 Å². The van der Waals surface area contributed by atoms with Crippen LogP contribution < -0.4 is 11.3 Å². The minimum absolute atomic E-state index is 0.222. The van der Waals surface area contributed by atoms with Crippen LogP contribution in [0.4, 0.5) is 10.1 Å². The Labute approximate surface area is 70.0 Å². The summed E-state index contributed by atoms with van der Waals surface area (Å²) in [4.78, 5) is 0. The van der Waals surface area contributed by atoms with Crippen molar-refractivity contribution in [1.82, 2.24) is 0 Å². The average Bonchev–Trinajstić information content (AvgIpc) is 2.04. The first-order chi connectivity index (χ1) is 5.65. The van der Waals surface area contributed by atoms with Crippen LogP contribution in [0.2, 0.25) is 0 Å². The van der Waals surface area contributed by atoms with Gasteiger partial charge in [0.05, 0.1) is 11.8 Å². The van der Waals surface area contributed by atoms with Gasteiger partial charge in [-0.25, -0.2) is 4.39 Å². The van der Waals surface area contributed by atoms with Crippen molar-refractivity contribution >= 4 is 5.69 Å². The Bertz CT molecular complexity index is 276. The molecule has 0 radical (unpaired) electrons. The van der Waals surface area contributed by atoms with Crippen LogP contribution in [-0.4, -0.2) is 5.11 Å². The van der Waals surface area contributed by atoms with Crippen molar-refractivity contribution in [3.8, 4) is 0 Å². The molecule has 0 heterocycles. The van der Waals surface area contributed by atoms with E-state index in [9.17, 15) is 4.39 Å². The molecule has 0 aliphatic rings. The zero-order chi connectivity index (χ0) is 9.14. The minimum atomic E-state index is -0.661. The molecule has 0 saturated carbocycles. The number of halogens is 1. The summed E-state index contributed by atoms with van der Waals surface area (Å²) in [6.07, 6.45) is -0.661. The predicted molar refractivity (Wildman–Crippen MR) is 44.8 cm³/mol. The van der Waals surface area contributed by atoms with Crippen LogP contribution in [0.1, 0.15) is 18.6 Å². The highest BCUT2D eigenvalue weighted by Crippen LogP contribution is 2.18. The van der Waals surface area contributed by atoms with Gasteiger partial charge in [-0.3, -0.25) is 5.84 Å². The molecule has 0 aliphatic heterocycles. The van der Waals surface area contributed by atoms with Crippen LogP contribution in [0.3, 0.4) is 0 Å². The first-order valence-electron chi connectivity index (χ1n) is 3.59. The zero-order valence-electron chi connectivity index (χ0n) is 6.71. The lowest BCUT2D eigenvalue weighted by Crippen LogP contribution is -2.08. The maximum Gasteiger partial charge on any atom is 0.147 e. The van der Waals surface area contributed by atoms with Gasteiger partial charge in [-0.15, -0.1) is 0 Å². The number of hydrazine groups is 1. The molecule has 0 aliphatic carbocycles. The Morgan fingerprint density at radius 1 is 1.58 bits per heavy atom. The highest BCUT2D eigenvalue weighted by molar-refractivity contribution is 5.45. The van der Waals surface area contributed by atoms with Crippen molar-refractivity contribution in [2.24, 2.45) is 5.84 Å². The summed E-state index contributed by atoms with van der Waals surface area (Å²) in [6, 6.07) is 4.35. The van der Waals surface area contributed by atoms with E-state index in [1.54, 1.807) is 13.0 Å². The van der Waals surface area contributed by atoms with Crippen LogP contribution in [0.15, 0.2) is 18.2 Å². The molecule has 0 aromatic heterocycles. The Morgan fingerprint density at radius 3 is 2.67 bits per heavy atom. The molecule has 1 atom stereocenters. The average molecular weight is 170 g/mol. The first-order valence-corrected chi connectivity index (χ1v) is 3.59. The Balaban J connectivity index is 3.02. The normalized spacial score (nSPS) is 12.7. The first kappa shape index (κ1) is 8.96. The topological polar surface area (TPSA) is 58.3 Å². The van der Waals surface area contributed by atoms with Crippen molar-refractivity contribution in [2.75, 3.05) is 5.43 Å². The van der Waals surface area contributed by atoms with Gasteiger partial charge in [0, 0.05) is 0 Å². The van der Waals surface area contributed by atoms with E-state index >= 15 is 0 Å². The van der Waals surface area contributed by atoms with Gasteiger partial charge in [-0.2, -0.15) is 0 Å². The standard InChI is InChI=1S/C8H11FN2O/c1-5(12)6-2-3-8(11-10)7(9)4-6/h2-5,11-12H,10H2,1H3. The molecule has 0 saturated heterocycles. The number of aliphatic hydroxyl groups is 1. The third kappa shape index (κ3) is 1.72. The number of rotatable bonds is 2. The number of nitrogens with two attached hydrogens (primary N) is 1. The van der Waals surface area contributed by atoms with Crippen LogP contribution in [-0.2, 0) is 0 Å². The number of anilines is 1. The molecular weight excluding hydrogens is 159 g/mol. The van der Waals surface area contributed by atoms with Gasteiger partial charge in [0.1, 0.15) is 5.82 Å². The van der Waals surface area contributed by atoms with Gasteiger partial charge < -0.3 is 10.5 Å². The molecule has 4 N–H and O–H groups in total. The predicted octanol–water partition coefficient (Wildman–Crippen LogP) is 1.16. The molecule has 4 heteroatoms. The van der Waals surface area contributed by atoms with Crippen molar-refractivity contribution in [3.63, 3.8) is 0 Å². The van der Waals surface area contributed by atoms with Gasteiger partial charge in [0.15, 0.2) is 0 Å². The maximum absolute atomic E-state index is 13.0. The molecule has 3 nitrogen and oxygen atoms in total. The highest BCUT2D eigenvalue weighted by Gasteiger charge is 2.05. The van der Waals surface area contributed by atoms with Gasteiger partial charge in [0.25, 0.3) is 0 Å². The minimum Gasteiger partial charge on any atom is -0.389 e. The molecule has 12 heavy (non-hydrogen) atoms. The smallest absolute Gasteiger partial charge is 0.147 e.